The molecule has 1 aromatic rings. The van der Waals surface area contributed by atoms with E-state index in [4.69, 9.17) is 4.74 Å². The fourth-order valence-electron chi connectivity index (χ4n) is 4.11. The average Bonchev–Trinajstić information content (AvgIpc) is 2.93. The summed E-state index contributed by atoms with van der Waals surface area (Å²) in [4.78, 5) is 17.4. The summed E-state index contributed by atoms with van der Waals surface area (Å²) in [5.74, 6) is 0.354. The van der Waals surface area contributed by atoms with E-state index in [0.29, 0.717) is 12.5 Å². The van der Waals surface area contributed by atoms with Crippen LogP contribution in [0.2, 0.25) is 0 Å². The molecule has 0 unspecified atom stereocenters. The predicted molar refractivity (Wildman–Crippen MR) is 91.2 cm³/mol. The van der Waals surface area contributed by atoms with Crippen LogP contribution in [0.4, 0.5) is 0 Å². The lowest BCUT2D eigenvalue weighted by Crippen LogP contribution is -2.50. The van der Waals surface area contributed by atoms with Crippen molar-refractivity contribution in [3.8, 4) is 0 Å². The quantitative estimate of drug-likeness (QED) is 0.836. The van der Waals surface area contributed by atoms with Gasteiger partial charge in [0.2, 0.25) is 5.91 Å². The summed E-state index contributed by atoms with van der Waals surface area (Å²) >= 11 is 0. The number of amides is 1. The fourth-order valence-corrected chi connectivity index (χ4v) is 4.11. The predicted octanol–water partition coefficient (Wildman–Crippen LogP) is 2.46. The first-order valence-corrected chi connectivity index (χ1v) is 8.69. The molecule has 2 aliphatic heterocycles. The SMILES string of the molecule is COCCN1CCC[C@@]2(CCN(Cc3cccc(C)c3)C2)C1=O. The Morgan fingerprint density at radius 2 is 2.13 bits per heavy atom. The minimum atomic E-state index is -0.143. The number of carbonyl (C=O) groups is 1. The second-order valence-electron chi connectivity index (χ2n) is 7.12. The van der Waals surface area contributed by atoms with Crippen molar-refractivity contribution in [1.82, 2.24) is 9.80 Å². The van der Waals surface area contributed by atoms with Gasteiger partial charge in [-0.3, -0.25) is 9.69 Å². The molecule has 0 bridgehead atoms. The van der Waals surface area contributed by atoms with E-state index in [2.05, 4.69) is 36.1 Å². The standard InChI is InChI=1S/C19H28N2O2/c1-16-5-3-6-17(13-16)14-20-10-8-19(15-20)7-4-9-21(18(19)22)11-12-23-2/h3,5-6,13H,4,7-12,14-15H2,1-2H3/t19-/m0/s1. The van der Waals surface area contributed by atoms with Crippen LogP contribution in [0.3, 0.4) is 0 Å². The van der Waals surface area contributed by atoms with Crippen LogP contribution >= 0.6 is 0 Å². The average molecular weight is 316 g/mol. The molecular weight excluding hydrogens is 288 g/mol. The number of hydrogen-bond donors (Lipinski definition) is 0. The van der Waals surface area contributed by atoms with Crippen molar-refractivity contribution in [2.24, 2.45) is 5.41 Å². The van der Waals surface area contributed by atoms with Crippen LogP contribution in [0.1, 0.15) is 30.4 Å². The molecule has 4 nitrogen and oxygen atoms in total. The first-order valence-electron chi connectivity index (χ1n) is 8.69. The summed E-state index contributed by atoms with van der Waals surface area (Å²) in [5, 5.41) is 0. The summed E-state index contributed by atoms with van der Waals surface area (Å²) < 4.78 is 5.15. The highest BCUT2D eigenvalue weighted by molar-refractivity contribution is 5.84. The van der Waals surface area contributed by atoms with Crippen molar-refractivity contribution in [3.05, 3.63) is 35.4 Å². The highest BCUT2D eigenvalue weighted by Crippen LogP contribution is 2.40. The Kier molecular flexibility index (Phi) is 5.02. The van der Waals surface area contributed by atoms with Crippen LogP contribution in [0.15, 0.2) is 24.3 Å². The number of piperidine rings is 1. The Labute approximate surface area is 139 Å². The molecule has 4 heteroatoms. The third-order valence-corrected chi connectivity index (χ3v) is 5.31. The van der Waals surface area contributed by atoms with Gasteiger partial charge in [0.05, 0.1) is 12.0 Å². The molecule has 3 rings (SSSR count). The Balaban J connectivity index is 1.64. The second-order valence-corrected chi connectivity index (χ2v) is 7.12. The van der Waals surface area contributed by atoms with Gasteiger partial charge in [0, 0.05) is 33.3 Å². The number of hydrogen-bond acceptors (Lipinski definition) is 3. The van der Waals surface area contributed by atoms with Gasteiger partial charge in [-0.1, -0.05) is 29.8 Å². The Morgan fingerprint density at radius 3 is 2.91 bits per heavy atom. The molecule has 0 aliphatic carbocycles. The van der Waals surface area contributed by atoms with Gasteiger partial charge in [0.1, 0.15) is 0 Å². The lowest BCUT2D eigenvalue weighted by Gasteiger charge is -2.39. The number of aryl methyl sites for hydroxylation is 1. The third-order valence-electron chi connectivity index (χ3n) is 5.31. The van der Waals surface area contributed by atoms with Crippen molar-refractivity contribution < 1.29 is 9.53 Å². The van der Waals surface area contributed by atoms with Crippen LogP contribution in [-0.4, -0.2) is 55.6 Å². The minimum Gasteiger partial charge on any atom is -0.383 e. The van der Waals surface area contributed by atoms with Crippen molar-refractivity contribution >= 4 is 5.91 Å². The van der Waals surface area contributed by atoms with Gasteiger partial charge >= 0.3 is 0 Å². The largest absolute Gasteiger partial charge is 0.383 e. The van der Waals surface area contributed by atoms with Crippen molar-refractivity contribution in [2.45, 2.75) is 32.7 Å². The summed E-state index contributed by atoms with van der Waals surface area (Å²) in [5.41, 5.74) is 2.51. The molecule has 1 amide bonds. The molecule has 2 aliphatic rings. The molecule has 0 N–H and O–H groups in total. The number of rotatable bonds is 5. The summed E-state index contributed by atoms with van der Waals surface area (Å²) in [6, 6.07) is 8.69. The Bertz CT molecular complexity index is 560. The van der Waals surface area contributed by atoms with E-state index in [1.165, 1.54) is 11.1 Å². The summed E-state index contributed by atoms with van der Waals surface area (Å²) in [6.45, 7) is 7.27. The van der Waals surface area contributed by atoms with Gasteiger partial charge in [-0.2, -0.15) is 0 Å². The molecule has 0 aromatic heterocycles. The first-order chi connectivity index (χ1) is 11.1. The van der Waals surface area contributed by atoms with E-state index in [9.17, 15) is 4.79 Å². The van der Waals surface area contributed by atoms with Crippen molar-refractivity contribution in [2.75, 3.05) is 39.9 Å². The van der Waals surface area contributed by atoms with E-state index in [-0.39, 0.29) is 5.41 Å². The molecule has 2 fully saturated rings. The smallest absolute Gasteiger partial charge is 0.230 e. The van der Waals surface area contributed by atoms with Crippen molar-refractivity contribution in [1.29, 1.82) is 0 Å². The van der Waals surface area contributed by atoms with Crippen LogP contribution in [0.25, 0.3) is 0 Å². The van der Waals surface area contributed by atoms with Gasteiger partial charge in [0.25, 0.3) is 0 Å². The zero-order valence-electron chi connectivity index (χ0n) is 14.4. The topological polar surface area (TPSA) is 32.8 Å². The molecule has 2 heterocycles. The van der Waals surface area contributed by atoms with E-state index in [1.807, 2.05) is 4.90 Å². The van der Waals surface area contributed by atoms with Crippen LogP contribution < -0.4 is 0 Å². The zero-order valence-corrected chi connectivity index (χ0v) is 14.4. The Hall–Kier alpha value is -1.39. The second kappa shape index (κ2) is 7.02. The number of likely N-dealkylation sites (tertiary alicyclic amines) is 2. The third kappa shape index (κ3) is 3.59. The van der Waals surface area contributed by atoms with E-state index >= 15 is 0 Å². The van der Waals surface area contributed by atoms with Crippen LogP contribution in [0.5, 0.6) is 0 Å². The zero-order chi connectivity index (χ0) is 16.3. The minimum absolute atomic E-state index is 0.143. The molecule has 0 saturated carbocycles. The van der Waals surface area contributed by atoms with E-state index < -0.39 is 0 Å². The summed E-state index contributed by atoms with van der Waals surface area (Å²) in [7, 11) is 1.70. The Morgan fingerprint density at radius 1 is 1.26 bits per heavy atom. The van der Waals surface area contributed by atoms with Gasteiger partial charge < -0.3 is 9.64 Å². The maximum Gasteiger partial charge on any atom is 0.230 e. The van der Waals surface area contributed by atoms with E-state index in [0.717, 1.165) is 52.0 Å². The van der Waals surface area contributed by atoms with E-state index in [1.54, 1.807) is 7.11 Å². The molecule has 1 aromatic carbocycles. The molecule has 1 spiro atoms. The van der Waals surface area contributed by atoms with Crippen LogP contribution in [0, 0.1) is 12.3 Å². The van der Waals surface area contributed by atoms with Crippen LogP contribution in [-0.2, 0) is 16.1 Å². The normalized spacial score (nSPS) is 25.5. The van der Waals surface area contributed by atoms with Gasteiger partial charge in [-0.15, -0.1) is 0 Å². The summed E-state index contributed by atoms with van der Waals surface area (Å²) in [6.07, 6.45) is 3.16. The van der Waals surface area contributed by atoms with Gasteiger partial charge in [-0.05, 0) is 38.3 Å². The molecule has 0 radical (unpaired) electrons. The molecule has 2 saturated heterocycles. The highest BCUT2D eigenvalue weighted by Gasteiger charge is 2.47. The fraction of sp³-hybridized carbons (Fsp3) is 0.632. The number of benzene rings is 1. The monoisotopic (exact) mass is 316 g/mol. The first kappa shape index (κ1) is 16.5. The number of carbonyl (C=O) groups excluding carboxylic acids is 1. The maximum atomic E-state index is 13.0. The molecule has 1 atom stereocenters. The highest BCUT2D eigenvalue weighted by atomic mass is 16.5. The van der Waals surface area contributed by atoms with Crippen molar-refractivity contribution in [3.63, 3.8) is 0 Å². The van der Waals surface area contributed by atoms with Gasteiger partial charge in [0.15, 0.2) is 0 Å². The number of methoxy groups -OCH3 is 1. The molecule has 126 valence electrons. The lowest BCUT2D eigenvalue weighted by molar-refractivity contribution is -0.146. The number of ether oxygens (including phenoxy) is 1. The molecular formula is C19H28N2O2. The maximum absolute atomic E-state index is 13.0. The molecule has 23 heavy (non-hydrogen) atoms. The number of nitrogens with zero attached hydrogens (tertiary/aromatic N) is 2. The van der Waals surface area contributed by atoms with Gasteiger partial charge in [-0.25, -0.2) is 0 Å². The lowest BCUT2D eigenvalue weighted by atomic mass is 9.78.